The molecule has 1 aromatic heterocycles. The Bertz CT molecular complexity index is 646. The minimum atomic E-state index is -0.958. The van der Waals surface area contributed by atoms with Gasteiger partial charge in [0.15, 0.2) is 0 Å². The van der Waals surface area contributed by atoms with E-state index in [1.165, 1.54) is 11.3 Å². The number of thiophene rings is 1. The normalized spacial score (nSPS) is 10.9. The first-order valence-electron chi connectivity index (χ1n) is 5.92. The predicted octanol–water partition coefficient (Wildman–Crippen LogP) is 4.39. The Hall–Kier alpha value is -1.78. The number of benzene rings is 1. The highest BCUT2D eigenvalue weighted by Crippen LogP contribution is 2.27. The van der Waals surface area contributed by atoms with Crippen LogP contribution in [0.25, 0.3) is 6.08 Å². The fourth-order valence-corrected chi connectivity index (χ4v) is 2.65. The molecule has 0 bridgehead atoms. The maximum Gasteiger partial charge on any atom is 0.328 e. The van der Waals surface area contributed by atoms with E-state index in [0.29, 0.717) is 17.4 Å². The van der Waals surface area contributed by atoms with Gasteiger partial charge in [-0.1, -0.05) is 17.7 Å². The van der Waals surface area contributed by atoms with Gasteiger partial charge in [0.25, 0.3) is 0 Å². The van der Waals surface area contributed by atoms with E-state index in [2.05, 4.69) is 0 Å². The summed E-state index contributed by atoms with van der Waals surface area (Å²) in [6.45, 7) is 2.38. The zero-order valence-corrected chi connectivity index (χ0v) is 12.4. The summed E-state index contributed by atoms with van der Waals surface area (Å²) in [6.07, 6.45) is 2.67. The van der Waals surface area contributed by atoms with Gasteiger partial charge in [-0.25, -0.2) is 4.79 Å². The van der Waals surface area contributed by atoms with Crippen LogP contribution in [0.15, 0.2) is 35.7 Å². The maximum absolute atomic E-state index is 10.4. The number of carbonyl (C=O) groups is 1. The first-order valence-corrected chi connectivity index (χ1v) is 7.18. The topological polar surface area (TPSA) is 46.5 Å². The monoisotopic (exact) mass is 308 g/mol. The lowest BCUT2D eigenvalue weighted by atomic mass is 10.2. The van der Waals surface area contributed by atoms with E-state index >= 15 is 0 Å². The molecule has 2 rings (SSSR count). The van der Waals surface area contributed by atoms with Gasteiger partial charge in [0.2, 0.25) is 0 Å². The standard InChI is InChI=1S/C15H13ClO3S/c1-10-2-4-14(13(16)6-10)19-8-12-7-11(9-20-12)3-5-15(17)18/h2-7,9H,8H2,1H3,(H,17,18). The van der Waals surface area contributed by atoms with Gasteiger partial charge in [-0.05, 0) is 47.7 Å². The van der Waals surface area contributed by atoms with Gasteiger partial charge >= 0.3 is 5.97 Å². The SMILES string of the molecule is Cc1ccc(OCc2cc(C=CC(=O)O)cs2)c(Cl)c1. The van der Waals surface area contributed by atoms with Gasteiger partial charge in [-0.3, -0.25) is 0 Å². The van der Waals surface area contributed by atoms with Crippen molar-refractivity contribution in [2.75, 3.05) is 0 Å². The van der Waals surface area contributed by atoms with Crippen molar-refractivity contribution in [1.82, 2.24) is 0 Å². The Morgan fingerprint density at radius 2 is 2.25 bits per heavy atom. The van der Waals surface area contributed by atoms with E-state index < -0.39 is 5.97 Å². The van der Waals surface area contributed by atoms with Crippen LogP contribution >= 0.6 is 22.9 Å². The van der Waals surface area contributed by atoms with Crippen LogP contribution in [0.5, 0.6) is 5.75 Å². The van der Waals surface area contributed by atoms with Crippen molar-refractivity contribution in [2.24, 2.45) is 0 Å². The van der Waals surface area contributed by atoms with Gasteiger partial charge in [-0.2, -0.15) is 0 Å². The lowest BCUT2D eigenvalue weighted by Crippen LogP contribution is -1.93. The molecule has 1 N–H and O–H groups in total. The summed E-state index contributed by atoms with van der Waals surface area (Å²) in [6, 6.07) is 7.53. The molecule has 0 aliphatic rings. The van der Waals surface area contributed by atoms with Gasteiger partial charge in [-0.15, -0.1) is 11.3 Å². The largest absolute Gasteiger partial charge is 0.487 e. The zero-order valence-electron chi connectivity index (χ0n) is 10.8. The fourth-order valence-electron chi connectivity index (χ4n) is 1.60. The number of aliphatic carboxylic acids is 1. The first kappa shape index (κ1) is 14.6. The second kappa shape index (κ2) is 6.59. The molecule has 0 aliphatic carbocycles. The Labute approximate surface area is 126 Å². The molecule has 3 nitrogen and oxygen atoms in total. The van der Waals surface area contributed by atoms with Crippen LogP contribution in [0.4, 0.5) is 0 Å². The van der Waals surface area contributed by atoms with Gasteiger partial charge in [0, 0.05) is 11.0 Å². The first-order chi connectivity index (χ1) is 9.54. The van der Waals surface area contributed by atoms with Crippen molar-refractivity contribution in [3.05, 3.63) is 56.7 Å². The molecule has 0 unspecified atom stereocenters. The summed E-state index contributed by atoms with van der Waals surface area (Å²) in [5.41, 5.74) is 1.94. The van der Waals surface area contributed by atoms with E-state index in [1.54, 1.807) is 6.08 Å². The van der Waals surface area contributed by atoms with Crippen molar-refractivity contribution < 1.29 is 14.6 Å². The molecule has 0 atom stereocenters. The zero-order chi connectivity index (χ0) is 14.5. The average molecular weight is 309 g/mol. The Kier molecular flexibility index (Phi) is 4.82. The van der Waals surface area contributed by atoms with E-state index in [0.717, 1.165) is 22.1 Å². The number of carboxylic acids is 1. The summed E-state index contributed by atoms with van der Waals surface area (Å²) in [5, 5.41) is 11.0. The Balaban J connectivity index is 1.99. The molecule has 0 amide bonds. The second-order valence-electron chi connectivity index (χ2n) is 4.24. The molecule has 104 valence electrons. The van der Waals surface area contributed by atoms with E-state index in [-0.39, 0.29) is 0 Å². The van der Waals surface area contributed by atoms with Crippen molar-refractivity contribution in [3.8, 4) is 5.75 Å². The van der Waals surface area contributed by atoms with Crippen molar-refractivity contribution in [2.45, 2.75) is 13.5 Å². The molecular formula is C15H13ClO3S. The van der Waals surface area contributed by atoms with Crippen LogP contribution in [0.2, 0.25) is 5.02 Å². The molecule has 0 saturated carbocycles. The van der Waals surface area contributed by atoms with Gasteiger partial charge in [0.1, 0.15) is 12.4 Å². The number of aryl methyl sites for hydroxylation is 1. The number of ether oxygens (including phenoxy) is 1. The quantitative estimate of drug-likeness (QED) is 0.833. The van der Waals surface area contributed by atoms with Crippen LogP contribution in [0.3, 0.4) is 0 Å². The third kappa shape index (κ3) is 4.11. The molecule has 0 fully saturated rings. The summed E-state index contributed by atoms with van der Waals surface area (Å²) < 4.78 is 5.65. The molecule has 0 aliphatic heterocycles. The number of carboxylic acid groups (broad SMARTS) is 1. The predicted molar refractivity (Wildman–Crippen MR) is 81.5 cm³/mol. The number of hydrogen-bond donors (Lipinski definition) is 1. The minimum Gasteiger partial charge on any atom is -0.487 e. The molecular weight excluding hydrogens is 296 g/mol. The summed E-state index contributed by atoms with van der Waals surface area (Å²) in [7, 11) is 0. The molecule has 1 aromatic carbocycles. The minimum absolute atomic E-state index is 0.411. The molecule has 0 radical (unpaired) electrons. The molecule has 0 spiro atoms. The highest BCUT2D eigenvalue weighted by atomic mass is 35.5. The van der Waals surface area contributed by atoms with Crippen LogP contribution in [0, 0.1) is 6.92 Å². The highest BCUT2D eigenvalue weighted by Gasteiger charge is 2.04. The molecule has 0 saturated heterocycles. The molecule has 5 heteroatoms. The van der Waals surface area contributed by atoms with E-state index in [9.17, 15) is 4.79 Å². The van der Waals surface area contributed by atoms with Crippen LogP contribution in [0.1, 0.15) is 16.0 Å². The summed E-state index contributed by atoms with van der Waals surface area (Å²) in [4.78, 5) is 11.4. The Morgan fingerprint density at radius 3 is 2.95 bits per heavy atom. The van der Waals surface area contributed by atoms with Gasteiger partial charge in [0.05, 0.1) is 5.02 Å². The smallest absolute Gasteiger partial charge is 0.328 e. The van der Waals surface area contributed by atoms with Crippen LogP contribution < -0.4 is 4.74 Å². The van der Waals surface area contributed by atoms with E-state index in [1.807, 2.05) is 36.6 Å². The lowest BCUT2D eigenvalue weighted by molar-refractivity contribution is -0.131. The van der Waals surface area contributed by atoms with Crippen molar-refractivity contribution in [3.63, 3.8) is 0 Å². The van der Waals surface area contributed by atoms with Crippen LogP contribution in [-0.2, 0) is 11.4 Å². The summed E-state index contributed by atoms with van der Waals surface area (Å²) >= 11 is 7.60. The highest BCUT2D eigenvalue weighted by molar-refractivity contribution is 7.10. The third-order valence-corrected chi connectivity index (χ3v) is 3.77. The molecule has 2 aromatic rings. The summed E-state index contributed by atoms with van der Waals surface area (Å²) in [5.74, 6) is -0.311. The maximum atomic E-state index is 10.4. The molecule has 20 heavy (non-hydrogen) atoms. The number of halogens is 1. The van der Waals surface area contributed by atoms with Gasteiger partial charge < -0.3 is 9.84 Å². The third-order valence-electron chi connectivity index (χ3n) is 2.55. The fraction of sp³-hybridized carbons (Fsp3) is 0.133. The number of rotatable bonds is 5. The van der Waals surface area contributed by atoms with Crippen molar-refractivity contribution in [1.29, 1.82) is 0 Å². The van der Waals surface area contributed by atoms with E-state index in [4.69, 9.17) is 21.4 Å². The number of hydrogen-bond acceptors (Lipinski definition) is 3. The van der Waals surface area contributed by atoms with Crippen LogP contribution in [-0.4, -0.2) is 11.1 Å². The second-order valence-corrected chi connectivity index (χ2v) is 5.64. The molecule has 1 heterocycles. The average Bonchev–Trinajstić information content (AvgIpc) is 2.83. The Morgan fingerprint density at radius 1 is 1.45 bits per heavy atom. The van der Waals surface area contributed by atoms with Crippen molar-refractivity contribution >= 4 is 35.0 Å². The lowest BCUT2D eigenvalue weighted by Gasteiger charge is -2.07.